The van der Waals surface area contributed by atoms with Crippen LogP contribution in [0.2, 0.25) is 0 Å². The van der Waals surface area contributed by atoms with E-state index >= 15 is 0 Å². The van der Waals surface area contributed by atoms with Gasteiger partial charge >= 0.3 is 0 Å². The van der Waals surface area contributed by atoms with Crippen molar-refractivity contribution in [2.24, 2.45) is 0 Å². The highest BCUT2D eigenvalue weighted by atomic mass is 32.1. The molecule has 0 saturated carbocycles. The average Bonchev–Trinajstić information content (AvgIpc) is 2.89. The summed E-state index contributed by atoms with van der Waals surface area (Å²) >= 11 is 1.62. The van der Waals surface area contributed by atoms with Crippen LogP contribution in [0.4, 0.5) is 5.13 Å². The maximum atomic E-state index is 12.2. The molecule has 1 N–H and O–H groups in total. The lowest BCUT2D eigenvalue weighted by atomic mass is 10.0. The number of methoxy groups -OCH3 is 1. The fraction of sp³-hybridized carbons (Fsp3) is 0.412. The molecule has 1 aromatic heterocycles. The standard InChI is InChI=1S/C17H20N2O2S/c1-11-9-12(7-8-14(11)21-2)10-16(20)19-17-18-13-5-3-4-6-15(13)22-17/h7-9H,3-6,10H2,1-2H3,(H,18,19,20). The number of aryl methyl sites for hydroxylation is 3. The Morgan fingerprint density at radius 3 is 2.91 bits per heavy atom. The number of anilines is 1. The molecule has 4 nitrogen and oxygen atoms in total. The van der Waals surface area contributed by atoms with E-state index in [1.807, 2.05) is 25.1 Å². The number of amides is 1. The van der Waals surface area contributed by atoms with Crippen LogP contribution < -0.4 is 10.1 Å². The van der Waals surface area contributed by atoms with Crippen molar-refractivity contribution in [2.45, 2.75) is 39.0 Å². The highest BCUT2D eigenvalue weighted by molar-refractivity contribution is 7.15. The molecule has 0 radical (unpaired) electrons. The molecule has 1 aliphatic rings. The third-order valence-electron chi connectivity index (χ3n) is 3.92. The Morgan fingerprint density at radius 1 is 1.36 bits per heavy atom. The van der Waals surface area contributed by atoms with Crippen molar-refractivity contribution in [3.63, 3.8) is 0 Å². The van der Waals surface area contributed by atoms with Gasteiger partial charge in [0.05, 0.1) is 19.2 Å². The van der Waals surface area contributed by atoms with Gasteiger partial charge in [-0.3, -0.25) is 4.79 Å². The minimum absolute atomic E-state index is 0.0179. The molecule has 0 bridgehead atoms. The molecule has 1 heterocycles. The van der Waals surface area contributed by atoms with Crippen molar-refractivity contribution in [1.29, 1.82) is 0 Å². The lowest BCUT2D eigenvalue weighted by molar-refractivity contribution is -0.115. The van der Waals surface area contributed by atoms with Crippen molar-refractivity contribution < 1.29 is 9.53 Å². The summed E-state index contributed by atoms with van der Waals surface area (Å²) < 4.78 is 5.24. The highest BCUT2D eigenvalue weighted by Gasteiger charge is 2.16. The van der Waals surface area contributed by atoms with Gasteiger partial charge in [-0.15, -0.1) is 11.3 Å². The van der Waals surface area contributed by atoms with Crippen molar-refractivity contribution in [3.8, 4) is 5.75 Å². The molecule has 0 spiro atoms. The first-order chi connectivity index (χ1) is 10.7. The maximum absolute atomic E-state index is 12.2. The Bertz CT molecular complexity index is 670. The fourth-order valence-corrected chi connectivity index (χ4v) is 3.87. The fourth-order valence-electron chi connectivity index (χ4n) is 2.80. The van der Waals surface area contributed by atoms with Gasteiger partial charge in [0.2, 0.25) is 5.91 Å². The molecule has 2 aromatic rings. The minimum atomic E-state index is -0.0179. The summed E-state index contributed by atoms with van der Waals surface area (Å²) in [5.41, 5.74) is 3.20. The van der Waals surface area contributed by atoms with Gasteiger partial charge in [0.15, 0.2) is 5.13 Å². The van der Waals surface area contributed by atoms with Crippen LogP contribution in [0.25, 0.3) is 0 Å². The molecule has 0 fully saturated rings. The Balaban J connectivity index is 1.65. The van der Waals surface area contributed by atoms with Gasteiger partial charge in [-0.05, 0) is 49.8 Å². The second-order valence-corrected chi connectivity index (χ2v) is 6.71. The smallest absolute Gasteiger partial charge is 0.230 e. The molecule has 0 aliphatic heterocycles. The first-order valence-corrected chi connectivity index (χ1v) is 8.39. The number of carbonyl (C=O) groups excluding carboxylic acids is 1. The summed E-state index contributed by atoms with van der Waals surface area (Å²) in [5.74, 6) is 0.826. The van der Waals surface area contributed by atoms with Gasteiger partial charge in [0, 0.05) is 4.88 Å². The Hall–Kier alpha value is -1.88. The molecular formula is C17H20N2O2S. The normalized spacial score (nSPS) is 13.5. The van der Waals surface area contributed by atoms with E-state index in [2.05, 4.69) is 10.3 Å². The number of rotatable bonds is 4. The number of carbonyl (C=O) groups is 1. The summed E-state index contributed by atoms with van der Waals surface area (Å²) in [5, 5.41) is 3.67. The number of hydrogen-bond acceptors (Lipinski definition) is 4. The quantitative estimate of drug-likeness (QED) is 0.939. The van der Waals surface area contributed by atoms with Crippen molar-refractivity contribution in [1.82, 2.24) is 4.98 Å². The Labute approximate surface area is 134 Å². The number of thiazole rings is 1. The first-order valence-electron chi connectivity index (χ1n) is 7.57. The van der Waals surface area contributed by atoms with Crippen LogP contribution in [-0.2, 0) is 24.1 Å². The molecule has 5 heteroatoms. The number of fused-ring (bicyclic) bond motifs is 1. The summed E-state index contributed by atoms with van der Waals surface area (Å²) in [6.07, 6.45) is 4.93. The summed E-state index contributed by atoms with van der Waals surface area (Å²) in [6.45, 7) is 1.98. The Kier molecular flexibility index (Phi) is 4.43. The van der Waals surface area contributed by atoms with E-state index in [0.29, 0.717) is 6.42 Å². The van der Waals surface area contributed by atoms with E-state index in [4.69, 9.17) is 4.74 Å². The predicted octanol–water partition coefficient (Wildman–Crippen LogP) is 3.52. The Morgan fingerprint density at radius 2 is 2.18 bits per heavy atom. The van der Waals surface area contributed by atoms with Crippen molar-refractivity contribution in [2.75, 3.05) is 12.4 Å². The first kappa shape index (κ1) is 15.0. The second-order valence-electron chi connectivity index (χ2n) is 5.62. The van der Waals surface area contributed by atoms with Crippen molar-refractivity contribution in [3.05, 3.63) is 39.9 Å². The average molecular weight is 316 g/mol. The SMILES string of the molecule is COc1ccc(CC(=O)Nc2nc3c(s2)CCCC3)cc1C. The predicted molar refractivity (Wildman–Crippen MR) is 88.8 cm³/mol. The zero-order chi connectivity index (χ0) is 15.5. The third kappa shape index (κ3) is 3.30. The molecule has 22 heavy (non-hydrogen) atoms. The monoisotopic (exact) mass is 316 g/mol. The summed E-state index contributed by atoms with van der Waals surface area (Å²) in [6, 6.07) is 5.82. The van der Waals surface area contributed by atoms with E-state index in [0.717, 1.165) is 34.8 Å². The zero-order valence-corrected chi connectivity index (χ0v) is 13.8. The second kappa shape index (κ2) is 6.48. The molecule has 1 aliphatic carbocycles. The van der Waals surface area contributed by atoms with Gasteiger partial charge in [0.1, 0.15) is 5.75 Å². The molecule has 116 valence electrons. The van der Waals surface area contributed by atoms with Crippen LogP contribution >= 0.6 is 11.3 Å². The molecule has 1 aromatic carbocycles. The van der Waals surface area contributed by atoms with E-state index < -0.39 is 0 Å². The number of nitrogens with zero attached hydrogens (tertiary/aromatic N) is 1. The zero-order valence-electron chi connectivity index (χ0n) is 12.9. The van der Waals surface area contributed by atoms with Crippen LogP contribution in [-0.4, -0.2) is 18.0 Å². The van der Waals surface area contributed by atoms with Crippen LogP contribution in [0.5, 0.6) is 5.75 Å². The van der Waals surface area contributed by atoms with Crippen LogP contribution in [0.15, 0.2) is 18.2 Å². The minimum Gasteiger partial charge on any atom is -0.496 e. The number of aromatic nitrogens is 1. The van der Waals surface area contributed by atoms with Gasteiger partial charge in [-0.2, -0.15) is 0 Å². The van der Waals surface area contributed by atoms with Crippen molar-refractivity contribution >= 4 is 22.4 Å². The number of ether oxygens (including phenoxy) is 1. The highest BCUT2D eigenvalue weighted by Crippen LogP contribution is 2.29. The van der Waals surface area contributed by atoms with Crippen LogP contribution in [0.1, 0.15) is 34.5 Å². The molecule has 3 rings (SSSR count). The van der Waals surface area contributed by atoms with Gasteiger partial charge in [-0.1, -0.05) is 12.1 Å². The number of hydrogen-bond donors (Lipinski definition) is 1. The third-order valence-corrected chi connectivity index (χ3v) is 4.99. The number of benzene rings is 1. The maximum Gasteiger partial charge on any atom is 0.230 e. The molecule has 0 atom stereocenters. The van der Waals surface area contributed by atoms with Crippen LogP contribution in [0.3, 0.4) is 0 Å². The molecule has 0 unspecified atom stereocenters. The topological polar surface area (TPSA) is 51.2 Å². The van der Waals surface area contributed by atoms with Gasteiger partial charge < -0.3 is 10.1 Å². The number of nitrogens with one attached hydrogen (secondary N) is 1. The largest absolute Gasteiger partial charge is 0.496 e. The molecular weight excluding hydrogens is 296 g/mol. The molecule has 1 amide bonds. The van der Waals surface area contributed by atoms with Gasteiger partial charge in [0.25, 0.3) is 0 Å². The summed E-state index contributed by atoms with van der Waals surface area (Å²) in [7, 11) is 1.65. The van der Waals surface area contributed by atoms with Gasteiger partial charge in [-0.25, -0.2) is 4.98 Å². The van der Waals surface area contributed by atoms with E-state index in [-0.39, 0.29) is 5.91 Å². The lowest BCUT2D eigenvalue weighted by Crippen LogP contribution is -2.14. The van der Waals surface area contributed by atoms with E-state index in [9.17, 15) is 4.79 Å². The van der Waals surface area contributed by atoms with E-state index in [1.165, 1.54) is 23.4 Å². The summed E-state index contributed by atoms with van der Waals surface area (Å²) in [4.78, 5) is 18.1. The van der Waals surface area contributed by atoms with Crippen LogP contribution in [0, 0.1) is 6.92 Å². The molecule has 0 saturated heterocycles. The lowest BCUT2D eigenvalue weighted by Gasteiger charge is -2.07. The van der Waals surface area contributed by atoms with E-state index in [1.54, 1.807) is 18.4 Å².